The maximum absolute atomic E-state index is 12.0. The molecule has 0 spiro atoms. The van der Waals surface area contributed by atoms with E-state index in [2.05, 4.69) is 5.32 Å². The topological polar surface area (TPSA) is 98.5 Å². The van der Waals surface area contributed by atoms with Gasteiger partial charge in [-0.15, -0.1) is 0 Å². The summed E-state index contributed by atoms with van der Waals surface area (Å²) in [4.78, 5) is 12.0. The van der Waals surface area contributed by atoms with Crippen LogP contribution in [-0.2, 0) is 14.8 Å². The lowest BCUT2D eigenvalue weighted by atomic mass is 10.2. The first kappa shape index (κ1) is 19.0. The van der Waals surface area contributed by atoms with E-state index in [0.29, 0.717) is 24.3 Å². The summed E-state index contributed by atoms with van der Waals surface area (Å²) in [5.74, 6) is 0.555. The number of aryl methyl sites for hydroxylation is 2. The SMILES string of the molecule is Cc1ccc(OCCCC(=O)Nc2ccc(C)c(S(N)(=O)=O)c2)cc1. The van der Waals surface area contributed by atoms with Crippen molar-refractivity contribution in [3.63, 3.8) is 0 Å². The minimum atomic E-state index is -3.82. The Hall–Kier alpha value is -2.38. The zero-order valence-corrected chi connectivity index (χ0v) is 15.1. The molecule has 0 saturated carbocycles. The van der Waals surface area contributed by atoms with Gasteiger partial charge in [0.1, 0.15) is 5.75 Å². The average Bonchev–Trinajstić information content (AvgIpc) is 2.54. The summed E-state index contributed by atoms with van der Waals surface area (Å²) < 4.78 is 28.6. The zero-order chi connectivity index (χ0) is 18.4. The predicted molar refractivity (Wildman–Crippen MR) is 97.1 cm³/mol. The van der Waals surface area contributed by atoms with Gasteiger partial charge in [0, 0.05) is 12.1 Å². The first-order valence-corrected chi connectivity index (χ1v) is 9.43. The Morgan fingerprint density at radius 2 is 1.80 bits per heavy atom. The van der Waals surface area contributed by atoms with Crippen LogP contribution in [0.3, 0.4) is 0 Å². The van der Waals surface area contributed by atoms with Crippen LogP contribution in [-0.4, -0.2) is 20.9 Å². The molecule has 0 aliphatic heterocycles. The van der Waals surface area contributed by atoms with Crippen LogP contribution in [0.25, 0.3) is 0 Å². The summed E-state index contributed by atoms with van der Waals surface area (Å²) in [6, 6.07) is 12.3. The van der Waals surface area contributed by atoms with Gasteiger partial charge in [0.05, 0.1) is 11.5 Å². The Balaban J connectivity index is 1.83. The largest absolute Gasteiger partial charge is 0.494 e. The van der Waals surface area contributed by atoms with E-state index >= 15 is 0 Å². The lowest BCUT2D eigenvalue weighted by Crippen LogP contribution is -2.16. The minimum absolute atomic E-state index is 0.00741. The molecular weight excluding hydrogens is 340 g/mol. The number of ether oxygens (including phenoxy) is 1. The van der Waals surface area contributed by atoms with Crippen molar-refractivity contribution in [3.05, 3.63) is 53.6 Å². The highest BCUT2D eigenvalue weighted by Crippen LogP contribution is 2.19. The first-order chi connectivity index (χ1) is 11.8. The van der Waals surface area contributed by atoms with E-state index in [1.807, 2.05) is 31.2 Å². The highest BCUT2D eigenvalue weighted by Gasteiger charge is 2.13. The van der Waals surface area contributed by atoms with Gasteiger partial charge in [-0.2, -0.15) is 0 Å². The van der Waals surface area contributed by atoms with Crippen LogP contribution in [0.5, 0.6) is 5.75 Å². The molecule has 0 aromatic heterocycles. The van der Waals surface area contributed by atoms with Gasteiger partial charge in [-0.05, 0) is 50.1 Å². The lowest BCUT2D eigenvalue weighted by molar-refractivity contribution is -0.116. The number of hydrogen-bond acceptors (Lipinski definition) is 4. The van der Waals surface area contributed by atoms with E-state index in [9.17, 15) is 13.2 Å². The molecule has 0 aliphatic carbocycles. The molecule has 2 aromatic rings. The Morgan fingerprint density at radius 3 is 2.44 bits per heavy atom. The normalized spacial score (nSPS) is 11.2. The number of hydrogen-bond donors (Lipinski definition) is 2. The Kier molecular flexibility index (Phi) is 6.17. The van der Waals surface area contributed by atoms with E-state index in [1.165, 1.54) is 6.07 Å². The third-order valence-electron chi connectivity index (χ3n) is 3.62. The van der Waals surface area contributed by atoms with E-state index in [4.69, 9.17) is 9.88 Å². The number of rotatable bonds is 7. The Morgan fingerprint density at radius 1 is 1.12 bits per heavy atom. The maximum atomic E-state index is 12.0. The highest BCUT2D eigenvalue weighted by atomic mass is 32.2. The molecule has 3 N–H and O–H groups in total. The van der Waals surface area contributed by atoms with E-state index in [0.717, 1.165) is 11.3 Å². The number of nitrogens with two attached hydrogens (primary N) is 1. The fourth-order valence-electron chi connectivity index (χ4n) is 2.27. The Bertz CT molecular complexity index is 846. The molecule has 134 valence electrons. The average molecular weight is 362 g/mol. The first-order valence-electron chi connectivity index (χ1n) is 7.88. The summed E-state index contributed by atoms with van der Waals surface area (Å²) in [5.41, 5.74) is 2.09. The second kappa shape index (κ2) is 8.13. The zero-order valence-electron chi connectivity index (χ0n) is 14.3. The molecule has 0 atom stereocenters. The van der Waals surface area contributed by atoms with Crippen molar-refractivity contribution in [3.8, 4) is 5.75 Å². The summed E-state index contributed by atoms with van der Waals surface area (Å²) in [6.45, 7) is 4.07. The van der Waals surface area contributed by atoms with Gasteiger partial charge in [-0.3, -0.25) is 4.79 Å². The standard InChI is InChI=1S/C18H22N2O4S/c1-13-5-9-16(10-6-13)24-11-3-4-18(21)20-15-8-7-14(2)17(12-15)25(19,22)23/h5-10,12H,3-4,11H2,1-2H3,(H,20,21)(H2,19,22,23). The molecule has 1 amide bonds. The quantitative estimate of drug-likeness (QED) is 0.740. The van der Waals surface area contributed by atoms with Crippen molar-refractivity contribution in [1.82, 2.24) is 0 Å². The lowest BCUT2D eigenvalue weighted by Gasteiger charge is -2.09. The molecule has 25 heavy (non-hydrogen) atoms. The fourth-order valence-corrected chi connectivity index (χ4v) is 3.07. The molecule has 0 heterocycles. The molecule has 7 heteroatoms. The summed E-state index contributed by atoms with van der Waals surface area (Å²) in [7, 11) is -3.82. The maximum Gasteiger partial charge on any atom is 0.238 e. The second-order valence-corrected chi connectivity index (χ2v) is 7.37. The fraction of sp³-hybridized carbons (Fsp3) is 0.278. The van der Waals surface area contributed by atoms with Crippen LogP contribution < -0.4 is 15.2 Å². The number of anilines is 1. The van der Waals surface area contributed by atoms with Crippen molar-refractivity contribution in [2.45, 2.75) is 31.6 Å². The molecule has 0 fully saturated rings. The number of carbonyl (C=O) groups excluding carboxylic acids is 1. The van der Waals surface area contributed by atoms with Crippen molar-refractivity contribution < 1.29 is 17.9 Å². The van der Waals surface area contributed by atoms with Crippen molar-refractivity contribution in [2.75, 3.05) is 11.9 Å². The molecule has 0 bridgehead atoms. The molecular formula is C18H22N2O4S. The molecule has 0 saturated heterocycles. The summed E-state index contributed by atoms with van der Waals surface area (Å²) in [5, 5.41) is 7.84. The number of primary sulfonamides is 1. The van der Waals surface area contributed by atoms with Crippen LogP contribution in [0, 0.1) is 13.8 Å². The smallest absolute Gasteiger partial charge is 0.238 e. The number of carbonyl (C=O) groups is 1. The minimum Gasteiger partial charge on any atom is -0.494 e. The van der Waals surface area contributed by atoms with E-state index in [-0.39, 0.29) is 17.2 Å². The van der Waals surface area contributed by atoms with E-state index < -0.39 is 10.0 Å². The molecule has 0 aliphatic rings. The van der Waals surface area contributed by atoms with Gasteiger partial charge in [0.2, 0.25) is 15.9 Å². The third-order valence-corrected chi connectivity index (χ3v) is 4.67. The van der Waals surface area contributed by atoms with Gasteiger partial charge in [-0.1, -0.05) is 23.8 Å². The Labute approximate surface area is 148 Å². The summed E-state index contributed by atoms with van der Waals surface area (Å²) >= 11 is 0. The number of benzene rings is 2. The molecule has 2 aromatic carbocycles. The van der Waals surface area contributed by atoms with Crippen LogP contribution in [0.15, 0.2) is 47.4 Å². The predicted octanol–water partition coefficient (Wildman–Crippen LogP) is 2.75. The monoisotopic (exact) mass is 362 g/mol. The van der Waals surface area contributed by atoms with Gasteiger partial charge in [0.25, 0.3) is 0 Å². The van der Waals surface area contributed by atoms with Gasteiger partial charge in [-0.25, -0.2) is 13.6 Å². The van der Waals surface area contributed by atoms with Crippen molar-refractivity contribution in [1.29, 1.82) is 0 Å². The molecule has 0 radical (unpaired) electrons. The number of nitrogens with one attached hydrogen (secondary N) is 1. The number of sulfonamides is 1. The van der Waals surface area contributed by atoms with Crippen LogP contribution in [0.1, 0.15) is 24.0 Å². The van der Waals surface area contributed by atoms with Crippen molar-refractivity contribution >= 4 is 21.6 Å². The second-order valence-electron chi connectivity index (χ2n) is 5.84. The highest BCUT2D eigenvalue weighted by molar-refractivity contribution is 7.89. The van der Waals surface area contributed by atoms with Gasteiger partial charge < -0.3 is 10.1 Å². The van der Waals surface area contributed by atoms with Gasteiger partial charge in [0.15, 0.2) is 0 Å². The number of amides is 1. The van der Waals surface area contributed by atoms with E-state index in [1.54, 1.807) is 19.1 Å². The van der Waals surface area contributed by atoms with Gasteiger partial charge >= 0.3 is 0 Å². The third kappa shape index (κ3) is 5.88. The van der Waals surface area contributed by atoms with Crippen LogP contribution in [0.2, 0.25) is 0 Å². The summed E-state index contributed by atoms with van der Waals surface area (Å²) in [6.07, 6.45) is 0.818. The molecule has 2 rings (SSSR count). The molecule has 0 unspecified atom stereocenters. The molecule has 6 nitrogen and oxygen atoms in total. The van der Waals surface area contributed by atoms with Crippen LogP contribution >= 0.6 is 0 Å². The van der Waals surface area contributed by atoms with Crippen molar-refractivity contribution in [2.24, 2.45) is 5.14 Å². The van der Waals surface area contributed by atoms with Crippen LogP contribution in [0.4, 0.5) is 5.69 Å².